The molecular formula is C20H16ClFN4O2. The number of halogens is 2. The number of nitrogens with zero attached hydrogens (tertiary/aromatic N) is 3. The number of hydrogen-bond donors (Lipinski definition) is 1. The SMILES string of the molecule is Cn1c(NC(=O)CCc2ncc(-c3ccccc3F)o2)nc2cc(Cl)ccc21. The van der Waals surface area contributed by atoms with Crippen LogP contribution in [0.2, 0.25) is 5.02 Å². The molecule has 1 N–H and O–H groups in total. The van der Waals surface area contributed by atoms with Crippen molar-refractivity contribution >= 4 is 34.5 Å². The van der Waals surface area contributed by atoms with E-state index in [2.05, 4.69) is 15.3 Å². The van der Waals surface area contributed by atoms with Crippen molar-refractivity contribution in [3.8, 4) is 11.3 Å². The fourth-order valence-corrected chi connectivity index (χ4v) is 3.07. The molecule has 0 unspecified atom stereocenters. The first-order valence-corrected chi connectivity index (χ1v) is 9.00. The summed E-state index contributed by atoms with van der Waals surface area (Å²) in [6.45, 7) is 0. The molecule has 0 radical (unpaired) electrons. The highest BCUT2D eigenvalue weighted by molar-refractivity contribution is 6.31. The maximum absolute atomic E-state index is 13.8. The summed E-state index contributed by atoms with van der Waals surface area (Å²) in [5.41, 5.74) is 1.90. The third kappa shape index (κ3) is 3.61. The van der Waals surface area contributed by atoms with Gasteiger partial charge in [0, 0.05) is 24.9 Å². The van der Waals surface area contributed by atoms with E-state index >= 15 is 0 Å². The molecule has 0 fully saturated rings. The Morgan fingerprint density at radius 1 is 1.29 bits per heavy atom. The van der Waals surface area contributed by atoms with Crippen LogP contribution in [0, 0.1) is 5.82 Å². The van der Waals surface area contributed by atoms with Gasteiger partial charge in [-0.05, 0) is 30.3 Å². The van der Waals surface area contributed by atoms with Crippen molar-refractivity contribution in [2.24, 2.45) is 7.05 Å². The molecule has 2 aromatic carbocycles. The molecule has 0 saturated heterocycles. The number of rotatable bonds is 5. The maximum atomic E-state index is 13.8. The van der Waals surface area contributed by atoms with Crippen molar-refractivity contribution in [1.82, 2.24) is 14.5 Å². The first kappa shape index (κ1) is 18.2. The largest absolute Gasteiger partial charge is 0.441 e. The minimum atomic E-state index is -0.384. The lowest BCUT2D eigenvalue weighted by Gasteiger charge is -2.04. The number of oxazole rings is 1. The quantitative estimate of drug-likeness (QED) is 0.533. The number of benzene rings is 2. The van der Waals surface area contributed by atoms with Gasteiger partial charge in [0.15, 0.2) is 11.7 Å². The minimum Gasteiger partial charge on any atom is -0.441 e. The van der Waals surface area contributed by atoms with Crippen LogP contribution in [0.5, 0.6) is 0 Å². The van der Waals surface area contributed by atoms with Crippen LogP contribution in [-0.4, -0.2) is 20.4 Å². The third-order valence-corrected chi connectivity index (χ3v) is 4.59. The number of hydrogen-bond acceptors (Lipinski definition) is 4. The molecule has 1 amide bonds. The van der Waals surface area contributed by atoms with Crippen LogP contribution in [0.3, 0.4) is 0 Å². The van der Waals surface area contributed by atoms with Gasteiger partial charge in [0.1, 0.15) is 5.82 Å². The number of aryl methyl sites for hydroxylation is 2. The second-order valence-corrected chi connectivity index (χ2v) is 6.71. The van der Waals surface area contributed by atoms with E-state index in [4.69, 9.17) is 16.0 Å². The lowest BCUT2D eigenvalue weighted by Crippen LogP contribution is -2.15. The van der Waals surface area contributed by atoms with Crippen LogP contribution >= 0.6 is 11.6 Å². The smallest absolute Gasteiger partial charge is 0.227 e. The summed E-state index contributed by atoms with van der Waals surface area (Å²) in [6.07, 6.45) is 1.90. The Morgan fingerprint density at radius 2 is 2.11 bits per heavy atom. The van der Waals surface area contributed by atoms with Crippen LogP contribution in [0.4, 0.5) is 10.3 Å². The second-order valence-electron chi connectivity index (χ2n) is 6.27. The van der Waals surface area contributed by atoms with E-state index in [0.717, 1.165) is 5.52 Å². The first-order valence-electron chi connectivity index (χ1n) is 8.62. The fraction of sp³-hybridized carbons (Fsp3) is 0.150. The van der Waals surface area contributed by atoms with Crippen molar-refractivity contribution in [3.05, 3.63) is 65.4 Å². The van der Waals surface area contributed by atoms with Gasteiger partial charge in [0.2, 0.25) is 11.9 Å². The molecule has 0 aliphatic rings. The average Bonchev–Trinajstić information content (AvgIpc) is 3.25. The standard InChI is InChI=1S/C20H16ClFN4O2/c1-26-16-7-6-12(21)10-15(16)24-20(26)25-18(27)8-9-19-23-11-17(28-19)13-4-2-3-5-14(13)22/h2-7,10-11H,8-9H2,1H3,(H,24,25,27). The predicted octanol–water partition coefficient (Wildman–Crippen LogP) is 4.59. The molecule has 0 saturated carbocycles. The lowest BCUT2D eigenvalue weighted by atomic mass is 10.2. The van der Waals surface area contributed by atoms with Crippen LogP contribution in [-0.2, 0) is 18.3 Å². The summed E-state index contributed by atoms with van der Waals surface area (Å²) in [6, 6.07) is 11.7. The molecule has 8 heteroatoms. The molecule has 2 aromatic heterocycles. The minimum absolute atomic E-state index is 0.154. The van der Waals surface area contributed by atoms with Crippen molar-refractivity contribution < 1.29 is 13.6 Å². The highest BCUT2D eigenvalue weighted by atomic mass is 35.5. The molecule has 2 heterocycles. The summed E-state index contributed by atoms with van der Waals surface area (Å²) in [7, 11) is 1.81. The number of carbonyl (C=O) groups is 1. The highest BCUT2D eigenvalue weighted by Crippen LogP contribution is 2.24. The number of amides is 1. The summed E-state index contributed by atoms with van der Waals surface area (Å²) in [4.78, 5) is 20.8. The molecule has 0 aliphatic heterocycles. The number of imidazole rings is 1. The summed E-state index contributed by atoms with van der Waals surface area (Å²) in [5, 5.41) is 3.36. The maximum Gasteiger partial charge on any atom is 0.227 e. The van der Waals surface area contributed by atoms with Crippen molar-refractivity contribution in [2.75, 3.05) is 5.32 Å². The lowest BCUT2D eigenvalue weighted by molar-refractivity contribution is -0.116. The van der Waals surface area contributed by atoms with E-state index in [0.29, 0.717) is 33.7 Å². The Balaban J connectivity index is 1.42. The monoisotopic (exact) mass is 398 g/mol. The predicted molar refractivity (Wildman–Crippen MR) is 105 cm³/mol. The van der Waals surface area contributed by atoms with E-state index < -0.39 is 0 Å². The van der Waals surface area contributed by atoms with E-state index in [1.165, 1.54) is 12.3 Å². The van der Waals surface area contributed by atoms with E-state index in [-0.39, 0.29) is 24.6 Å². The Kier molecular flexibility index (Phi) is 4.83. The molecule has 0 spiro atoms. The number of nitrogens with one attached hydrogen (secondary N) is 1. The van der Waals surface area contributed by atoms with E-state index in [9.17, 15) is 9.18 Å². The van der Waals surface area contributed by atoms with E-state index in [1.807, 2.05) is 13.1 Å². The van der Waals surface area contributed by atoms with Gasteiger partial charge in [-0.3, -0.25) is 10.1 Å². The van der Waals surface area contributed by atoms with Gasteiger partial charge in [0.25, 0.3) is 0 Å². The Hall–Kier alpha value is -3.19. The molecule has 28 heavy (non-hydrogen) atoms. The van der Waals surface area contributed by atoms with E-state index in [1.54, 1.807) is 34.9 Å². The molecule has 6 nitrogen and oxygen atoms in total. The molecule has 142 valence electrons. The summed E-state index contributed by atoms with van der Waals surface area (Å²) >= 11 is 5.98. The van der Waals surface area contributed by atoms with Crippen LogP contribution in [0.1, 0.15) is 12.3 Å². The number of carbonyl (C=O) groups excluding carboxylic acids is 1. The fourth-order valence-electron chi connectivity index (χ4n) is 2.90. The van der Waals surface area contributed by atoms with Gasteiger partial charge in [-0.2, -0.15) is 0 Å². The molecule has 0 aliphatic carbocycles. The van der Waals surface area contributed by atoms with Crippen molar-refractivity contribution in [3.63, 3.8) is 0 Å². The number of aromatic nitrogens is 3. The van der Waals surface area contributed by atoms with Gasteiger partial charge in [-0.25, -0.2) is 14.4 Å². The van der Waals surface area contributed by atoms with Crippen molar-refractivity contribution in [2.45, 2.75) is 12.8 Å². The van der Waals surface area contributed by atoms with Gasteiger partial charge in [-0.15, -0.1) is 0 Å². The molecule has 4 aromatic rings. The van der Waals surface area contributed by atoms with Gasteiger partial charge in [-0.1, -0.05) is 23.7 Å². The molecular weight excluding hydrogens is 383 g/mol. The molecule has 0 atom stereocenters. The Morgan fingerprint density at radius 3 is 2.93 bits per heavy atom. The summed E-state index contributed by atoms with van der Waals surface area (Å²) < 4.78 is 21.2. The second kappa shape index (κ2) is 7.44. The van der Waals surface area contributed by atoms with Crippen molar-refractivity contribution in [1.29, 1.82) is 0 Å². The zero-order chi connectivity index (χ0) is 19.7. The average molecular weight is 399 g/mol. The van der Waals surface area contributed by atoms with Gasteiger partial charge in [0.05, 0.1) is 22.8 Å². The molecule has 4 rings (SSSR count). The van der Waals surface area contributed by atoms with Crippen LogP contribution < -0.4 is 5.32 Å². The van der Waals surface area contributed by atoms with Gasteiger partial charge < -0.3 is 8.98 Å². The Labute approximate surface area is 165 Å². The zero-order valence-corrected chi connectivity index (χ0v) is 15.7. The first-order chi connectivity index (χ1) is 13.5. The zero-order valence-electron chi connectivity index (χ0n) is 14.9. The number of fused-ring (bicyclic) bond motifs is 1. The normalized spacial score (nSPS) is 11.1. The molecule has 0 bridgehead atoms. The highest BCUT2D eigenvalue weighted by Gasteiger charge is 2.14. The summed E-state index contributed by atoms with van der Waals surface area (Å²) in [5.74, 6) is 0.521. The topological polar surface area (TPSA) is 73.0 Å². The van der Waals surface area contributed by atoms with Crippen LogP contribution in [0.25, 0.3) is 22.4 Å². The Bertz CT molecular complexity index is 1170. The van der Waals surface area contributed by atoms with Gasteiger partial charge >= 0.3 is 0 Å². The van der Waals surface area contributed by atoms with Crippen LogP contribution in [0.15, 0.2) is 53.1 Å². The number of anilines is 1. The third-order valence-electron chi connectivity index (χ3n) is 4.35.